The minimum atomic E-state index is -1.39. The molecule has 0 aromatic heterocycles. The molecular weight excluding hydrogens is 188 g/mol. The van der Waals surface area contributed by atoms with Crippen LogP contribution in [-0.2, 0) is 9.53 Å². The zero-order chi connectivity index (χ0) is 7.49. The van der Waals surface area contributed by atoms with E-state index in [0.717, 1.165) is 0 Å². The molecule has 0 aromatic rings. The minimum absolute atomic E-state index is 0.187. The second kappa shape index (κ2) is 3.17. The number of aliphatic hydroxyl groups is 1. The van der Waals surface area contributed by atoms with Gasteiger partial charge in [0.15, 0.2) is 5.60 Å². The molecule has 0 spiro atoms. The Morgan fingerprint density at radius 2 is 2.33 bits per heavy atom. The molecule has 0 fully saturated rings. The summed E-state index contributed by atoms with van der Waals surface area (Å²) in [6, 6.07) is 0. The van der Waals surface area contributed by atoms with Gasteiger partial charge in [-0.25, -0.2) is 4.79 Å². The molecule has 3 nitrogen and oxygen atoms in total. The van der Waals surface area contributed by atoms with Gasteiger partial charge < -0.3 is 9.84 Å². The van der Waals surface area contributed by atoms with Crippen LogP contribution in [0.15, 0.2) is 0 Å². The first-order valence-corrected chi connectivity index (χ1v) is 3.53. The fourth-order valence-corrected chi connectivity index (χ4v) is 0.503. The van der Waals surface area contributed by atoms with Crippen molar-refractivity contribution in [2.45, 2.75) is 12.5 Å². The summed E-state index contributed by atoms with van der Waals surface area (Å²) in [7, 11) is 1.24. The number of rotatable bonds is 2. The molecule has 0 heterocycles. The number of carbonyl (C=O) groups is 1. The quantitative estimate of drug-likeness (QED) is 0.511. The molecule has 0 aliphatic carbocycles. The highest BCUT2D eigenvalue weighted by Crippen LogP contribution is 2.08. The standard InChI is InChI=1S/C5H9BrO3/c1-5(8,3-6)4(7)9-2/h8H,3H2,1-2H3/t5-/m0/s1. The number of methoxy groups -OCH3 is 1. The molecule has 9 heavy (non-hydrogen) atoms. The van der Waals surface area contributed by atoms with Crippen LogP contribution >= 0.6 is 15.9 Å². The maximum Gasteiger partial charge on any atom is 0.338 e. The lowest BCUT2D eigenvalue weighted by Gasteiger charge is -2.15. The number of carbonyl (C=O) groups excluding carboxylic acids is 1. The van der Waals surface area contributed by atoms with Gasteiger partial charge in [0.25, 0.3) is 0 Å². The van der Waals surface area contributed by atoms with E-state index in [0.29, 0.717) is 0 Å². The fourth-order valence-electron chi connectivity index (χ4n) is 0.274. The lowest BCUT2D eigenvalue weighted by Crippen LogP contribution is -2.37. The van der Waals surface area contributed by atoms with Crippen molar-refractivity contribution in [1.29, 1.82) is 0 Å². The Hall–Kier alpha value is -0.0900. The van der Waals surface area contributed by atoms with Crippen molar-refractivity contribution in [2.24, 2.45) is 0 Å². The van der Waals surface area contributed by atoms with Crippen molar-refractivity contribution >= 4 is 21.9 Å². The van der Waals surface area contributed by atoms with Gasteiger partial charge in [-0.1, -0.05) is 15.9 Å². The van der Waals surface area contributed by atoms with E-state index in [1.807, 2.05) is 0 Å². The maximum absolute atomic E-state index is 10.6. The molecule has 1 atom stereocenters. The normalized spacial score (nSPS) is 16.4. The molecule has 4 heteroatoms. The fraction of sp³-hybridized carbons (Fsp3) is 0.800. The molecule has 1 N–H and O–H groups in total. The highest BCUT2D eigenvalue weighted by molar-refractivity contribution is 9.09. The molecular formula is C5H9BrO3. The average molecular weight is 197 g/mol. The zero-order valence-electron chi connectivity index (χ0n) is 5.35. The molecule has 0 aliphatic heterocycles. The Morgan fingerprint density at radius 3 is 2.44 bits per heavy atom. The Bertz CT molecular complexity index is 111. The van der Waals surface area contributed by atoms with Crippen LogP contribution in [0.25, 0.3) is 0 Å². The van der Waals surface area contributed by atoms with Crippen LogP contribution in [0.5, 0.6) is 0 Å². The van der Waals surface area contributed by atoms with Crippen LogP contribution in [0.1, 0.15) is 6.92 Å². The van der Waals surface area contributed by atoms with Gasteiger partial charge in [-0.2, -0.15) is 0 Å². The van der Waals surface area contributed by atoms with Crippen molar-refractivity contribution < 1.29 is 14.6 Å². The first kappa shape index (κ1) is 8.91. The van der Waals surface area contributed by atoms with Gasteiger partial charge in [-0.3, -0.25) is 0 Å². The van der Waals surface area contributed by atoms with Crippen molar-refractivity contribution in [3.05, 3.63) is 0 Å². The van der Waals surface area contributed by atoms with Crippen molar-refractivity contribution in [1.82, 2.24) is 0 Å². The maximum atomic E-state index is 10.6. The summed E-state index contributed by atoms with van der Waals surface area (Å²) in [5.74, 6) is -0.626. The van der Waals surface area contributed by atoms with E-state index >= 15 is 0 Å². The third kappa shape index (κ3) is 2.32. The van der Waals surface area contributed by atoms with Gasteiger partial charge >= 0.3 is 5.97 Å². The predicted molar refractivity (Wildman–Crippen MR) is 36.4 cm³/mol. The molecule has 0 unspecified atom stereocenters. The summed E-state index contributed by atoms with van der Waals surface area (Å²) in [6.07, 6.45) is 0. The average Bonchev–Trinajstić information content (AvgIpc) is 1.86. The van der Waals surface area contributed by atoms with E-state index in [9.17, 15) is 4.79 Å². The van der Waals surface area contributed by atoms with E-state index in [-0.39, 0.29) is 5.33 Å². The summed E-state index contributed by atoms with van der Waals surface area (Å²) in [4.78, 5) is 10.6. The third-order valence-corrected chi connectivity index (χ3v) is 1.98. The molecule has 0 saturated heterocycles. The molecule has 0 amide bonds. The summed E-state index contributed by atoms with van der Waals surface area (Å²) < 4.78 is 4.29. The van der Waals surface area contributed by atoms with Crippen LogP contribution in [0.2, 0.25) is 0 Å². The Balaban J connectivity index is 3.97. The molecule has 0 saturated carbocycles. The highest BCUT2D eigenvalue weighted by Gasteiger charge is 2.29. The van der Waals surface area contributed by atoms with Gasteiger partial charge in [-0.05, 0) is 6.92 Å². The smallest absolute Gasteiger partial charge is 0.338 e. The van der Waals surface area contributed by atoms with E-state index < -0.39 is 11.6 Å². The Labute approximate surface area is 62.1 Å². The van der Waals surface area contributed by atoms with Crippen LogP contribution in [0.4, 0.5) is 0 Å². The number of hydrogen-bond donors (Lipinski definition) is 1. The number of ether oxygens (including phenoxy) is 1. The zero-order valence-corrected chi connectivity index (χ0v) is 6.93. The van der Waals surface area contributed by atoms with Crippen LogP contribution in [0, 0.1) is 0 Å². The largest absolute Gasteiger partial charge is 0.467 e. The van der Waals surface area contributed by atoms with Crippen LogP contribution < -0.4 is 0 Å². The van der Waals surface area contributed by atoms with Crippen molar-refractivity contribution in [2.75, 3.05) is 12.4 Å². The van der Waals surface area contributed by atoms with Gasteiger partial charge in [0.2, 0.25) is 0 Å². The Kier molecular flexibility index (Phi) is 3.14. The van der Waals surface area contributed by atoms with E-state index in [1.54, 1.807) is 0 Å². The van der Waals surface area contributed by atoms with Crippen molar-refractivity contribution in [3.63, 3.8) is 0 Å². The first-order valence-electron chi connectivity index (χ1n) is 2.41. The Morgan fingerprint density at radius 1 is 1.89 bits per heavy atom. The third-order valence-electron chi connectivity index (χ3n) is 0.885. The summed E-state index contributed by atoms with van der Waals surface area (Å²) in [5.41, 5.74) is -1.39. The molecule has 0 aromatic carbocycles. The topological polar surface area (TPSA) is 46.5 Å². The van der Waals surface area contributed by atoms with Crippen LogP contribution in [0.3, 0.4) is 0 Å². The number of esters is 1. The lowest BCUT2D eigenvalue weighted by molar-refractivity contribution is -0.157. The molecule has 0 rings (SSSR count). The van der Waals surface area contributed by atoms with Gasteiger partial charge in [0, 0.05) is 5.33 Å². The first-order chi connectivity index (χ1) is 4.04. The van der Waals surface area contributed by atoms with E-state index in [2.05, 4.69) is 20.7 Å². The second-order valence-corrected chi connectivity index (χ2v) is 2.46. The minimum Gasteiger partial charge on any atom is -0.467 e. The lowest BCUT2D eigenvalue weighted by atomic mass is 10.1. The molecule has 0 bridgehead atoms. The number of hydrogen-bond acceptors (Lipinski definition) is 3. The molecule has 0 radical (unpaired) electrons. The van der Waals surface area contributed by atoms with Gasteiger partial charge in [-0.15, -0.1) is 0 Å². The van der Waals surface area contributed by atoms with E-state index in [4.69, 9.17) is 5.11 Å². The van der Waals surface area contributed by atoms with Gasteiger partial charge in [0.1, 0.15) is 0 Å². The monoisotopic (exact) mass is 196 g/mol. The number of halogens is 1. The molecule has 54 valence electrons. The summed E-state index contributed by atoms with van der Waals surface area (Å²) >= 11 is 2.96. The van der Waals surface area contributed by atoms with Crippen molar-refractivity contribution in [3.8, 4) is 0 Å². The summed E-state index contributed by atoms with van der Waals surface area (Å²) in [6.45, 7) is 1.38. The SMILES string of the molecule is COC(=O)[C@@](C)(O)CBr. The summed E-state index contributed by atoms with van der Waals surface area (Å²) in [5, 5.41) is 9.26. The van der Waals surface area contributed by atoms with Crippen LogP contribution in [-0.4, -0.2) is 29.1 Å². The highest BCUT2D eigenvalue weighted by atomic mass is 79.9. The predicted octanol–water partition coefficient (Wildman–Crippen LogP) is 0.305. The second-order valence-electron chi connectivity index (χ2n) is 1.90. The van der Waals surface area contributed by atoms with E-state index in [1.165, 1.54) is 14.0 Å². The van der Waals surface area contributed by atoms with Gasteiger partial charge in [0.05, 0.1) is 7.11 Å². The molecule has 0 aliphatic rings. The number of alkyl halides is 1.